The Kier molecular flexibility index (Phi) is 4.86. The standard InChI is InChI=1S/C15H17FN2O/c1-2-17-10-13-9-14(7-8-18-13)19-11-12-5-3-4-6-15(12)16/h3-9,17H,2,10-11H2,1H3. The number of hydrogen-bond donors (Lipinski definition) is 1. The van der Waals surface area contributed by atoms with E-state index in [1.807, 2.05) is 13.0 Å². The maximum absolute atomic E-state index is 13.4. The smallest absolute Gasteiger partial charge is 0.129 e. The first-order valence-corrected chi connectivity index (χ1v) is 6.31. The number of pyridine rings is 1. The van der Waals surface area contributed by atoms with E-state index < -0.39 is 0 Å². The maximum atomic E-state index is 13.4. The summed E-state index contributed by atoms with van der Waals surface area (Å²) in [5.41, 5.74) is 1.46. The molecule has 1 aromatic carbocycles. The fraction of sp³-hybridized carbons (Fsp3) is 0.267. The summed E-state index contributed by atoms with van der Waals surface area (Å²) in [7, 11) is 0. The van der Waals surface area contributed by atoms with E-state index in [0.29, 0.717) is 17.9 Å². The van der Waals surface area contributed by atoms with E-state index in [9.17, 15) is 4.39 Å². The maximum Gasteiger partial charge on any atom is 0.129 e. The van der Waals surface area contributed by atoms with E-state index in [0.717, 1.165) is 12.2 Å². The van der Waals surface area contributed by atoms with Gasteiger partial charge in [-0.25, -0.2) is 4.39 Å². The summed E-state index contributed by atoms with van der Waals surface area (Å²) in [6, 6.07) is 10.3. The van der Waals surface area contributed by atoms with E-state index in [1.54, 1.807) is 30.5 Å². The number of ether oxygens (including phenoxy) is 1. The molecule has 4 heteroatoms. The first-order chi connectivity index (χ1) is 9.29. The Labute approximate surface area is 112 Å². The number of hydrogen-bond acceptors (Lipinski definition) is 3. The zero-order valence-electron chi connectivity index (χ0n) is 10.9. The fourth-order valence-corrected chi connectivity index (χ4v) is 1.67. The van der Waals surface area contributed by atoms with Gasteiger partial charge >= 0.3 is 0 Å². The molecule has 1 heterocycles. The predicted molar refractivity (Wildman–Crippen MR) is 72.3 cm³/mol. The van der Waals surface area contributed by atoms with Crippen LogP contribution in [0.15, 0.2) is 42.6 Å². The Bertz CT molecular complexity index is 531. The largest absolute Gasteiger partial charge is 0.489 e. The lowest BCUT2D eigenvalue weighted by Gasteiger charge is -2.08. The van der Waals surface area contributed by atoms with Crippen LogP contribution in [-0.2, 0) is 13.2 Å². The van der Waals surface area contributed by atoms with Gasteiger partial charge < -0.3 is 10.1 Å². The molecule has 0 spiro atoms. The topological polar surface area (TPSA) is 34.1 Å². The first kappa shape index (κ1) is 13.5. The van der Waals surface area contributed by atoms with Crippen molar-refractivity contribution in [1.29, 1.82) is 0 Å². The quantitative estimate of drug-likeness (QED) is 0.867. The van der Waals surface area contributed by atoms with Crippen LogP contribution in [0, 0.1) is 5.82 Å². The normalized spacial score (nSPS) is 10.4. The van der Waals surface area contributed by atoms with Gasteiger partial charge in [-0.2, -0.15) is 0 Å². The number of rotatable bonds is 6. The molecular weight excluding hydrogens is 243 g/mol. The van der Waals surface area contributed by atoms with Crippen molar-refractivity contribution >= 4 is 0 Å². The second-order valence-corrected chi connectivity index (χ2v) is 4.14. The molecule has 0 saturated heterocycles. The second-order valence-electron chi connectivity index (χ2n) is 4.14. The van der Waals surface area contributed by atoms with Gasteiger partial charge in [-0.1, -0.05) is 25.1 Å². The van der Waals surface area contributed by atoms with Crippen LogP contribution in [0.1, 0.15) is 18.2 Å². The van der Waals surface area contributed by atoms with Crippen molar-refractivity contribution in [2.45, 2.75) is 20.1 Å². The highest BCUT2D eigenvalue weighted by Gasteiger charge is 2.02. The lowest BCUT2D eigenvalue weighted by molar-refractivity contribution is 0.299. The zero-order valence-corrected chi connectivity index (χ0v) is 10.9. The number of benzene rings is 1. The summed E-state index contributed by atoms with van der Waals surface area (Å²) in [5, 5.41) is 3.20. The molecule has 3 nitrogen and oxygen atoms in total. The Morgan fingerprint density at radius 1 is 1.26 bits per heavy atom. The molecule has 100 valence electrons. The number of aromatic nitrogens is 1. The highest BCUT2D eigenvalue weighted by atomic mass is 19.1. The summed E-state index contributed by atoms with van der Waals surface area (Å²) < 4.78 is 19.0. The molecule has 0 aliphatic carbocycles. The summed E-state index contributed by atoms with van der Waals surface area (Å²) in [6.45, 7) is 3.85. The first-order valence-electron chi connectivity index (χ1n) is 6.31. The number of nitrogens with one attached hydrogen (secondary N) is 1. The molecule has 2 aromatic rings. The van der Waals surface area contributed by atoms with Crippen LogP contribution >= 0.6 is 0 Å². The minimum Gasteiger partial charge on any atom is -0.489 e. The molecule has 0 unspecified atom stereocenters. The molecule has 0 aliphatic heterocycles. The molecule has 0 bridgehead atoms. The minimum atomic E-state index is -0.246. The average Bonchev–Trinajstić information content (AvgIpc) is 2.45. The molecule has 0 amide bonds. The van der Waals surface area contributed by atoms with E-state index in [-0.39, 0.29) is 12.4 Å². The van der Waals surface area contributed by atoms with E-state index in [4.69, 9.17) is 4.74 Å². The molecule has 0 fully saturated rings. The number of halogens is 1. The van der Waals surface area contributed by atoms with Gasteiger partial charge in [-0.05, 0) is 18.7 Å². The van der Waals surface area contributed by atoms with Crippen molar-refractivity contribution in [2.75, 3.05) is 6.54 Å². The van der Waals surface area contributed by atoms with Gasteiger partial charge in [0.25, 0.3) is 0 Å². The molecule has 1 N–H and O–H groups in total. The molecule has 19 heavy (non-hydrogen) atoms. The third-order valence-electron chi connectivity index (χ3n) is 2.70. The summed E-state index contributed by atoms with van der Waals surface area (Å²) in [5.74, 6) is 0.454. The fourth-order valence-electron chi connectivity index (χ4n) is 1.67. The average molecular weight is 260 g/mol. The molecular formula is C15H17FN2O. The van der Waals surface area contributed by atoms with Crippen LogP contribution in [0.3, 0.4) is 0 Å². The van der Waals surface area contributed by atoms with Gasteiger partial charge in [0.15, 0.2) is 0 Å². The third-order valence-corrected chi connectivity index (χ3v) is 2.70. The van der Waals surface area contributed by atoms with Crippen LogP contribution < -0.4 is 10.1 Å². The minimum absolute atomic E-state index is 0.220. The summed E-state index contributed by atoms with van der Waals surface area (Å²) in [4.78, 5) is 4.23. The summed E-state index contributed by atoms with van der Waals surface area (Å²) >= 11 is 0. The van der Waals surface area contributed by atoms with Crippen molar-refractivity contribution in [3.05, 3.63) is 59.7 Å². The molecule has 1 aromatic heterocycles. The second kappa shape index (κ2) is 6.85. The van der Waals surface area contributed by atoms with Gasteiger partial charge in [0.05, 0.1) is 5.69 Å². The third kappa shape index (κ3) is 4.03. The van der Waals surface area contributed by atoms with Gasteiger partial charge in [-0.3, -0.25) is 4.98 Å². The zero-order chi connectivity index (χ0) is 13.5. The predicted octanol–water partition coefficient (Wildman–Crippen LogP) is 2.91. The van der Waals surface area contributed by atoms with Gasteiger partial charge in [0.2, 0.25) is 0 Å². The monoisotopic (exact) mass is 260 g/mol. The molecule has 0 saturated carbocycles. The van der Waals surface area contributed by atoms with Crippen molar-refractivity contribution in [1.82, 2.24) is 10.3 Å². The van der Waals surface area contributed by atoms with Gasteiger partial charge in [0.1, 0.15) is 18.2 Å². The Hall–Kier alpha value is -1.94. The summed E-state index contributed by atoms with van der Waals surface area (Å²) in [6.07, 6.45) is 1.70. The highest BCUT2D eigenvalue weighted by Crippen LogP contribution is 2.14. The lowest BCUT2D eigenvalue weighted by atomic mass is 10.2. The van der Waals surface area contributed by atoms with Crippen molar-refractivity contribution < 1.29 is 9.13 Å². The van der Waals surface area contributed by atoms with Crippen molar-refractivity contribution in [3.8, 4) is 5.75 Å². The van der Waals surface area contributed by atoms with E-state index in [2.05, 4.69) is 10.3 Å². The molecule has 0 aliphatic rings. The van der Waals surface area contributed by atoms with Crippen LogP contribution in [0.25, 0.3) is 0 Å². The van der Waals surface area contributed by atoms with Gasteiger partial charge in [0, 0.05) is 24.4 Å². The molecule has 0 radical (unpaired) electrons. The van der Waals surface area contributed by atoms with Crippen LogP contribution in [0.2, 0.25) is 0 Å². The Morgan fingerprint density at radius 2 is 2.11 bits per heavy atom. The highest BCUT2D eigenvalue weighted by molar-refractivity contribution is 5.24. The Balaban J connectivity index is 1.98. The Morgan fingerprint density at radius 3 is 2.89 bits per heavy atom. The molecule has 0 atom stereocenters. The molecule has 2 rings (SSSR count). The van der Waals surface area contributed by atoms with Crippen LogP contribution in [0.4, 0.5) is 4.39 Å². The van der Waals surface area contributed by atoms with E-state index in [1.165, 1.54) is 6.07 Å². The lowest BCUT2D eigenvalue weighted by Crippen LogP contribution is -2.12. The van der Waals surface area contributed by atoms with Crippen LogP contribution in [-0.4, -0.2) is 11.5 Å². The van der Waals surface area contributed by atoms with Gasteiger partial charge in [-0.15, -0.1) is 0 Å². The van der Waals surface area contributed by atoms with Crippen LogP contribution in [0.5, 0.6) is 5.75 Å². The SMILES string of the molecule is CCNCc1cc(OCc2ccccc2F)ccn1. The van der Waals surface area contributed by atoms with E-state index >= 15 is 0 Å². The van der Waals surface area contributed by atoms with Crippen molar-refractivity contribution in [2.24, 2.45) is 0 Å². The van der Waals surface area contributed by atoms with Crippen molar-refractivity contribution in [3.63, 3.8) is 0 Å². The number of nitrogens with zero attached hydrogens (tertiary/aromatic N) is 1.